The Hall–Kier alpha value is -1.03. The summed E-state index contributed by atoms with van der Waals surface area (Å²) in [6.45, 7) is 3.78. The molecule has 0 aromatic heterocycles. The molecule has 1 aromatic carbocycles. The molecule has 0 spiro atoms. The Labute approximate surface area is 99.3 Å². The number of rotatable bonds is 4. The smallest absolute Gasteiger partial charge is 0.393 e. The number of hydrogen-bond donors (Lipinski definition) is 1. The van der Waals surface area contributed by atoms with E-state index in [1.165, 1.54) is 12.1 Å². The molecule has 0 saturated heterocycles. The number of aliphatic hydroxyl groups is 1. The highest BCUT2D eigenvalue weighted by Gasteiger charge is 2.30. The minimum Gasteiger partial charge on any atom is -0.393 e. The van der Waals surface area contributed by atoms with E-state index in [0.717, 1.165) is 17.7 Å². The predicted octanol–water partition coefficient (Wildman–Crippen LogP) is 3.97. The van der Waals surface area contributed by atoms with Crippen LogP contribution in [-0.4, -0.2) is 11.2 Å². The largest absolute Gasteiger partial charge is 0.416 e. The van der Waals surface area contributed by atoms with E-state index in [1.54, 1.807) is 0 Å². The number of benzene rings is 1. The summed E-state index contributed by atoms with van der Waals surface area (Å²) in [6.07, 6.45) is -3.45. The molecule has 0 aliphatic carbocycles. The molecule has 17 heavy (non-hydrogen) atoms. The quantitative estimate of drug-likeness (QED) is 0.852. The molecule has 0 heterocycles. The maximum Gasteiger partial charge on any atom is 0.416 e. The Morgan fingerprint density at radius 2 is 1.71 bits per heavy atom. The first kappa shape index (κ1) is 14.0. The molecule has 0 saturated carbocycles. The second-order valence-electron chi connectivity index (χ2n) is 4.32. The van der Waals surface area contributed by atoms with Gasteiger partial charge in [-0.3, -0.25) is 0 Å². The van der Waals surface area contributed by atoms with Crippen LogP contribution in [0.1, 0.15) is 43.7 Å². The third kappa shape index (κ3) is 4.04. The van der Waals surface area contributed by atoms with Crippen molar-refractivity contribution < 1.29 is 18.3 Å². The molecule has 0 bridgehead atoms. The van der Waals surface area contributed by atoms with Gasteiger partial charge in [-0.2, -0.15) is 13.2 Å². The maximum absolute atomic E-state index is 12.3. The normalized spacial score (nSPS) is 15.6. The van der Waals surface area contributed by atoms with E-state index in [9.17, 15) is 18.3 Å². The van der Waals surface area contributed by atoms with Gasteiger partial charge in [0, 0.05) is 0 Å². The summed E-state index contributed by atoms with van der Waals surface area (Å²) in [6, 6.07) is 5.14. The van der Waals surface area contributed by atoms with Crippen molar-refractivity contribution in [1.29, 1.82) is 0 Å². The van der Waals surface area contributed by atoms with Crippen LogP contribution in [0.15, 0.2) is 24.3 Å². The van der Waals surface area contributed by atoms with Crippen LogP contribution < -0.4 is 0 Å². The Bertz CT molecular complexity index is 343. The van der Waals surface area contributed by atoms with Gasteiger partial charge in [0.05, 0.1) is 11.7 Å². The predicted molar refractivity (Wildman–Crippen MR) is 60.8 cm³/mol. The van der Waals surface area contributed by atoms with Gasteiger partial charge < -0.3 is 5.11 Å². The van der Waals surface area contributed by atoms with Gasteiger partial charge in [0.25, 0.3) is 0 Å². The van der Waals surface area contributed by atoms with Gasteiger partial charge in [-0.15, -0.1) is 0 Å². The lowest BCUT2D eigenvalue weighted by Crippen LogP contribution is -2.10. The second-order valence-corrected chi connectivity index (χ2v) is 4.32. The molecule has 0 fully saturated rings. The molecule has 1 aromatic rings. The summed E-state index contributed by atoms with van der Waals surface area (Å²) >= 11 is 0. The van der Waals surface area contributed by atoms with E-state index in [0.29, 0.717) is 12.8 Å². The van der Waals surface area contributed by atoms with Gasteiger partial charge >= 0.3 is 6.18 Å². The van der Waals surface area contributed by atoms with Gasteiger partial charge in [-0.1, -0.05) is 26.0 Å². The minimum atomic E-state index is -4.29. The molecule has 0 aliphatic heterocycles. The third-order valence-electron chi connectivity index (χ3n) is 2.90. The van der Waals surface area contributed by atoms with Crippen LogP contribution in [0, 0.1) is 0 Å². The first-order chi connectivity index (χ1) is 7.84. The zero-order valence-electron chi connectivity index (χ0n) is 9.96. The van der Waals surface area contributed by atoms with Gasteiger partial charge in [-0.05, 0) is 36.5 Å². The Balaban J connectivity index is 2.74. The van der Waals surface area contributed by atoms with Crippen molar-refractivity contribution in [3.63, 3.8) is 0 Å². The van der Waals surface area contributed by atoms with Crippen LogP contribution in [0.25, 0.3) is 0 Å². The summed E-state index contributed by atoms with van der Waals surface area (Å²) in [4.78, 5) is 0. The van der Waals surface area contributed by atoms with E-state index < -0.39 is 17.8 Å². The molecule has 1 rings (SSSR count). The molecule has 0 radical (unpaired) electrons. The lowest BCUT2D eigenvalue weighted by atomic mass is 9.93. The average Bonchev–Trinajstić information content (AvgIpc) is 2.27. The Morgan fingerprint density at radius 1 is 1.18 bits per heavy atom. The van der Waals surface area contributed by atoms with Crippen molar-refractivity contribution in [3.8, 4) is 0 Å². The lowest BCUT2D eigenvalue weighted by Gasteiger charge is -2.16. The van der Waals surface area contributed by atoms with Crippen molar-refractivity contribution in [2.24, 2.45) is 0 Å². The van der Waals surface area contributed by atoms with Crippen molar-refractivity contribution in [3.05, 3.63) is 35.4 Å². The van der Waals surface area contributed by atoms with Crippen LogP contribution in [0.4, 0.5) is 13.2 Å². The van der Waals surface area contributed by atoms with Gasteiger partial charge in [-0.25, -0.2) is 0 Å². The van der Waals surface area contributed by atoms with Crippen molar-refractivity contribution in [1.82, 2.24) is 0 Å². The van der Waals surface area contributed by atoms with Gasteiger partial charge in [0.1, 0.15) is 0 Å². The SMILES string of the molecule is CCC(O)CC(C)c1ccc(C(F)(F)F)cc1. The summed E-state index contributed by atoms with van der Waals surface area (Å²) < 4.78 is 37.0. The summed E-state index contributed by atoms with van der Waals surface area (Å²) in [7, 11) is 0. The standard InChI is InChI=1S/C13H17F3O/c1-3-12(17)8-9(2)10-4-6-11(7-5-10)13(14,15)16/h4-7,9,12,17H,3,8H2,1-2H3. The fourth-order valence-corrected chi connectivity index (χ4v) is 1.71. The van der Waals surface area contributed by atoms with Gasteiger partial charge in [0.15, 0.2) is 0 Å². The zero-order chi connectivity index (χ0) is 13.1. The number of aliphatic hydroxyl groups excluding tert-OH is 1. The van der Waals surface area contributed by atoms with Gasteiger partial charge in [0.2, 0.25) is 0 Å². The molecule has 1 nitrogen and oxygen atoms in total. The first-order valence-electron chi connectivity index (χ1n) is 5.69. The number of hydrogen-bond acceptors (Lipinski definition) is 1. The average molecular weight is 246 g/mol. The molecule has 4 heteroatoms. The van der Waals surface area contributed by atoms with Crippen LogP contribution in [0.2, 0.25) is 0 Å². The molecule has 2 unspecified atom stereocenters. The summed E-state index contributed by atoms with van der Waals surface area (Å²) in [5.74, 6) is 0.0623. The Morgan fingerprint density at radius 3 is 2.12 bits per heavy atom. The topological polar surface area (TPSA) is 20.2 Å². The monoisotopic (exact) mass is 246 g/mol. The van der Waals surface area contributed by atoms with Crippen molar-refractivity contribution in [2.75, 3.05) is 0 Å². The highest BCUT2D eigenvalue weighted by molar-refractivity contribution is 5.26. The third-order valence-corrected chi connectivity index (χ3v) is 2.90. The molecular formula is C13H17F3O. The molecule has 0 aliphatic rings. The highest BCUT2D eigenvalue weighted by atomic mass is 19.4. The molecular weight excluding hydrogens is 229 g/mol. The van der Waals surface area contributed by atoms with E-state index in [1.807, 2.05) is 13.8 Å². The van der Waals surface area contributed by atoms with E-state index in [2.05, 4.69) is 0 Å². The summed E-state index contributed by atoms with van der Waals surface area (Å²) in [5, 5.41) is 9.49. The first-order valence-corrected chi connectivity index (χ1v) is 5.69. The highest BCUT2D eigenvalue weighted by Crippen LogP contribution is 2.30. The molecule has 2 atom stereocenters. The van der Waals surface area contributed by atoms with Crippen molar-refractivity contribution in [2.45, 2.75) is 44.9 Å². The van der Waals surface area contributed by atoms with Crippen molar-refractivity contribution >= 4 is 0 Å². The van der Waals surface area contributed by atoms with Crippen LogP contribution >= 0.6 is 0 Å². The van der Waals surface area contributed by atoms with E-state index in [-0.39, 0.29) is 5.92 Å². The molecule has 96 valence electrons. The maximum atomic E-state index is 12.3. The Kier molecular flexibility index (Phi) is 4.57. The second kappa shape index (κ2) is 5.54. The van der Waals surface area contributed by atoms with Crippen LogP contribution in [0.5, 0.6) is 0 Å². The fourth-order valence-electron chi connectivity index (χ4n) is 1.71. The number of alkyl halides is 3. The van der Waals surface area contributed by atoms with E-state index in [4.69, 9.17) is 0 Å². The fraction of sp³-hybridized carbons (Fsp3) is 0.538. The summed E-state index contributed by atoms with van der Waals surface area (Å²) in [5.41, 5.74) is 0.190. The van der Waals surface area contributed by atoms with Crippen LogP contribution in [-0.2, 0) is 6.18 Å². The van der Waals surface area contributed by atoms with E-state index >= 15 is 0 Å². The molecule has 0 amide bonds. The van der Waals surface area contributed by atoms with Crippen LogP contribution in [0.3, 0.4) is 0 Å². The zero-order valence-corrected chi connectivity index (χ0v) is 9.96. The lowest BCUT2D eigenvalue weighted by molar-refractivity contribution is -0.137. The minimum absolute atomic E-state index is 0.0623. The molecule has 1 N–H and O–H groups in total. The number of halogens is 3.